The van der Waals surface area contributed by atoms with E-state index in [1.165, 1.54) is 0 Å². The van der Waals surface area contributed by atoms with Gasteiger partial charge in [-0.3, -0.25) is 4.79 Å². The number of carbonyl (C=O) groups excluding carboxylic acids is 1. The van der Waals surface area contributed by atoms with Gasteiger partial charge in [-0.2, -0.15) is 0 Å². The largest absolute Gasteiger partial charge is 0.495 e. The van der Waals surface area contributed by atoms with Gasteiger partial charge in [0, 0.05) is 24.7 Å². The first-order valence-electron chi connectivity index (χ1n) is 10.3. The molecule has 2 aromatic carbocycles. The molecule has 0 bridgehead atoms. The van der Waals surface area contributed by atoms with Gasteiger partial charge in [0.05, 0.1) is 24.9 Å². The van der Waals surface area contributed by atoms with Crippen molar-refractivity contribution >= 4 is 11.6 Å². The number of para-hydroxylation sites is 2. The van der Waals surface area contributed by atoms with E-state index in [2.05, 4.69) is 21.3 Å². The maximum atomic E-state index is 12.7. The zero-order valence-electron chi connectivity index (χ0n) is 17.4. The van der Waals surface area contributed by atoms with Gasteiger partial charge in [-0.15, -0.1) is 0 Å². The lowest BCUT2D eigenvalue weighted by molar-refractivity contribution is -0.121. The van der Waals surface area contributed by atoms with Crippen molar-refractivity contribution in [3.8, 4) is 17.2 Å². The third kappa shape index (κ3) is 4.48. The number of methoxy groups -OCH3 is 1. The monoisotopic (exact) mass is 405 g/mol. The van der Waals surface area contributed by atoms with Gasteiger partial charge in [0.2, 0.25) is 11.8 Å². The highest BCUT2D eigenvalue weighted by atomic mass is 16.5. The van der Waals surface area contributed by atoms with Crippen molar-refractivity contribution < 1.29 is 13.9 Å². The van der Waals surface area contributed by atoms with Crippen molar-refractivity contribution in [2.24, 2.45) is 0 Å². The molecule has 6 nitrogen and oxygen atoms in total. The first-order valence-corrected chi connectivity index (χ1v) is 10.3. The summed E-state index contributed by atoms with van der Waals surface area (Å²) in [6.07, 6.45) is 2.20. The van der Waals surface area contributed by atoms with Crippen LogP contribution in [0.5, 0.6) is 5.75 Å². The van der Waals surface area contributed by atoms with Gasteiger partial charge >= 0.3 is 0 Å². The zero-order valence-corrected chi connectivity index (χ0v) is 17.4. The number of carbonyl (C=O) groups is 1. The molecule has 156 valence electrons. The lowest BCUT2D eigenvalue weighted by Crippen LogP contribution is -2.48. The smallest absolute Gasteiger partial charge is 0.226 e. The molecule has 30 heavy (non-hydrogen) atoms. The van der Waals surface area contributed by atoms with Gasteiger partial charge in [0.25, 0.3) is 0 Å². The minimum atomic E-state index is -0.0297. The maximum Gasteiger partial charge on any atom is 0.226 e. The number of hydrogen-bond acceptors (Lipinski definition) is 5. The number of hydrogen-bond donors (Lipinski definition) is 1. The topological polar surface area (TPSA) is 67.6 Å². The molecule has 2 heterocycles. The molecule has 1 fully saturated rings. The summed E-state index contributed by atoms with van der Waals surface area (Å²) in [5, 5.41) is 3.18. The highest BCUT2D eigenvalue weighted by molar-refractivity contribution is 5.79. The van der Waals surface area contributed by atoms with Crippen molar-refractivity contribution in [1.29, 1.82) is 0 Å². The van der Waals surface area contributed by atoms with Gasteiger partial charge in [0.1, 0.15) is 11.5 Å². The van der Waals surface area contributed by atoms with Crippen LogP contribution in [-0.2, 0) is 11.2 Å². The average Bonchev–Trinajstić information content (AvgIpc) is 3.14. The SMILES string of the molecule is COc1ccccc1N1CCCC(NC(=O)Cc2nc(-c3ccccc3)oc2C)C1. The zero-order chi connectivity index (χ0) is 20.9. The van der Waals surface area contributed by atoms with E-state index in [1.807, 2.05) is 55.5 Å². The molecule has 4 rings (SSSR count). The second-order valence-corrected chi connectivity index (χ2v) is 7.59. The van der Waals surface area contributed by atoms with Crippen LogP contribution in [0, 0.1) is 6.92 Å². The molecule has 1 aromatic heterocycles. The van der Waals surface area contributed by atoms with Crippen LogP contribution >= 0.6 is 0 Å². The summed E-state index contributed by atoms with van der Waals surface area (Å²) in [5.74, 6) is 2.06. The van der Waals surface area contributed by atoms with Crippen LogP contribution in [-0.4, -0.2) is 37.1 Å². The quantitative estimate of drug-likeness (QED) is 0.672. The van der Waals surface area contributed by atoms with Gasteiger partial charge < -0.3 is 19.4 Å². The van der Waals surface area contributed by atoms with Gasteiger partial charge in [-0.05, 0) is 44.0 Å². The number of anilines is 1. The number of amides is 1. The standard InChI is InChI=1S/C24H27N3O3/c1-17-20(26-24(30-17)18-9-4-3-5-10-18)15-23(28)25-19-11-8-14-27(16-19)21-12-6-7-13-22(21)29-2/h3-7,9-10,12-13,19H,8,11,14-16H2,1-2H3,(H,25,28). The number of aromatic nitrogens is 1. The molecule has 0 aliphatic carbocycles. The Bertz CT molecular complexity index is 1000. The number of benzene rings is 2. The summed E-state index contributed by atoms with van der Waals surface area (Å²) in [6, 6.07) is 17.8. The highest BCUT2D eigenvalue weighted by Gasteiger charge is 2.24. The van der Waals surface area contributed by atoms with E-state index in [0.29, 0.717) is 17.3 Å². The van der Waals surface area contributed by atoms with E-state index in [-0.39, 0.29) is 18.4 Å². The van der Waals surface area contributed by atoms with E-state index in [4.69, 9.17) is 9.15 Å². The van der Waals surface area contributed by atoms with Crippen LogP contribution in [0.25, 0.3) is 11.5 Å². The summed E-state index contributed by atoms with van der Waals surface area (Å²) in [5.41, 5.74) is 2.66. The number of aryl methyl sites for hydroxylation is 1. The number of nitrogens with one attached hydrogen (secondary N) is 1. The fourth-order valence-electron chi connectivity index (χ4n) is 3.93. The predicted octanol–water partition coefficient (Wildman–Crippen LogP) is 3.99. The molecule has 1 aliphatic heterocycles. The fourth-order valence-corrected chi connectivity index (χ4v) is 3.93. The molecule has 1 N–H and O–H groups in total. The number of rotatable bonds is 6. The fraction of sp³-hybridized carbons (Fsp3) is 0.333. The number of oxazole rings is 1. The Hall–Kier alpha value is -3.28. The van der Waals surface area contributed by atoms with E-state index in [1.54, 1.807) is 7.11 Å². The molecule has 1 unspecified atom stereocenters. The normalized spacial score (nSPS) is 16.3. The minimum Gasteiger partial charge on any atom is -0.495 e. The van der Waals surface area contributed by atoms with Gasteiger partial charge in [0.15, 0.2) is 0 Å². The Labute approximate surface area is 176 Å². The second-order valence-electron chi connectivity index (χ2n) is 7.59. The van der Waals surface area contributed by atoms with Crippen LogP contribution in [0.3, 0.4) is 0 Å². The van der Waals surface area contributed by atoms with E-state index >= 15 is 0 Å². The second kappa shape index (κ2) is 9.03. The van der Waals surface area contributed by atoms with Crippen molar-refractivity contribution in [3.05, 3.63) is 66.1 Å². The lowest BCUT2D eigenvalue weighted by atomic mass is 10.0. The summed E-state index contributed by atoms with van der Waals surface area (Å²) in [6.45, 7) is 3.57. The van der Waals surface area contributed by atoms with Crippen molar-refractivity contribution in [3.63, 3.8) is 0 Å². The molecule has 1 saturated heterocycles. The first-order chi connectivity index (χ1) is 14.6. The number of ether oxygens (including phenoxy) is 1. The van der Waals surface area contributed by atoms with Crippen molar-refractivity contribution in [2.75, 3.05) is 25.1 Å². The Balaban J connectivity index is 1.39. The van der Waals surface area contributed by atoms with Crippen LogP contribution in [0.1, 0.15) is 24.3 Å². The van der Waals surface area contributed by atoms with E-state index in [9.17, 15) is 4.79 Å². The van der Waals surface area contributed by atoms with Crippen LogP contribution in [0.2, 0.25) is 0 Å². The molecule has 3 aromatic rings. The highest BCUT2D eigenvalue weighted by Crippen LogP contribution is 2.30. The Morgan fingerprint density at radius 2 is 1.97 bits per heavy atom. The first kappa shape index (κ1) is 20.0. The Kier molecular flexibility index (Phi) is 6.02. The van der Waals surface area contributed by atoms with Crippen molar-refractivity contribution in [2.45, 2.75) is 32.2 Å². The summed E-state index contributed by atoms with van der Waals surface area (Å²) in [7, 11) is 1.69. The molecule has 6 heteroatoms. The minimum absolute atomic E-state index is 0.0297. The third-order valence-electron chi connectivity index (χ3n) is 5.45. The van der Waals surface area contributed by atoms with E-state index < -0.39 is 0 Å². The molecule has 0 spiro atoms. The average molecular weight is 405 g/mol. The summed E-state index contributed by atoms with van der Waals surface area (Å²) >= 11 is 0. The lowest BCUT2D eigenvalue weighted by Gasteiger charge is -2.35. The number of nitrogens with zero attached hydrogens (tertiary/aromatic N) is 2. The predicted molar refractivity (Wildman–Crippen MR) is 117 cm³/mol. The Morgan fingerprint density at radius 1 is 1.20 bits per heavy atom. The van der Waals surface area contributed by atoms with Gasteiger partial charge in [-0.25, -0.2) is 4.98 Å². The third-order valence-corrected chi connectivity index (χ3v) is 5.45. The van der Waals surface area contributed by atoms with Crippen LogP contribution < -0.4 is 15.0 Å². The summed E-state index contributed by atoms with van der Waals surface area (Å²) < 4.78 is 11.3. The molecule has 1 atom stereocenters. The Morgan fingerprint density at radius 3 is 2.77 bits per heavy atom. The van der Waals surface area contributed by atoms with Gasteiger partial charge in [-0.1, -0.05) is 30.3 Å². The van der Waals surface area contributed by atoms with E-state index in [0.717, 1.165) is 42.9 Å². The maximum absolute atomic E-state index is 12.7. The van der Waals surface area contributed by atoms with Crippen LogP contribution in [0.15, 0.2) is 59.0 Å². The molecular formula is C24H27N3O3. The summed E-state index contributed by atoms with van der Waals surface area (Å²) in [4.78, 5) is 19.5. The molecule has 0 saturated carbocycles. The number of piperidine rings is 1. The van der Waals surface area contributed by atoms with Crippen LogP contribution in [0.4, 0.5) is 5.69 Å². The molecule has 1 amide bonds. The molecule has 1 aliphatic rings. The molecular weight excluding hydrogens is 378 g/mol. The van der Waals surface area contributed by atoms with Crippen molar-refractivity contribution in [1.82, 2.24) is 10.3 Å². The molecule has 0 radical (unpaired) electrons.